The van der Waals surface area contributed by atoms with E-state index < -0.39 is 0 Å². The molecule has 1 aromatic carbocycles. The largest absolute Gasteiger partial charge is 0.355 e. The molecule has 1 aromatic heterocycles. The van der Waals surface area contributed by atoms with E-state index in [1.54, 1.807) is 10.8 Å². The topological polar surface area (TPSA) is 101 Å². The molecule has 1 fully saturated rings. The van der Waals surface area contributed by atoms with Crippen molar-refractivity contribution in [1.82, 2.24) is 30.9 Å². The molecule has 8 heteroatoms. The highest BCUT2D eigenvalue weighted by atomic mass is 16.2. The number of amides is 2. The van der Waals surface area contributed by atoms with Crippen LogP contribution in [-0.2, 0) is 16.1 Å². The van der Waals surface area contributed by atoms with Crippen molar-refractivity contribution >= 4 is 17.9 Å². The Morgan fingerprint density at radius 2 is 2.11 bits per heavy atom. The van der Waals surface area contributed by atoms with Crippen LogP contribution < -0.4 is 16.0 Å². The first-order chi connectivity index (χ1) is 13.2. The number of rotatable bonds is 7. The molecule has 2 aromatic rings. The standard InChI is InChI=1S/C19H24N6O2/c1-2-20-19(27)17-10-16(12-21-17)25-13-15(23-24-25)11-22-18(26)9-8-14-6-4-3-5-7-14/h3-9,13,16-17,21H,2,10-12H2,1H3,(H,20,27)(H,22,26)/t16-,17+/m1/s1. The average Bonchev–Trinajstić information content (AvgIpc) is 3.35. The summed E-state index contributed by atoms with van der Waals surface area (Å²) in [5, 5.41) is 17.1. The fourth-order valence-corrected chi connectivity index (χ4v) is 2.96. The molecule has 3 rings (SSSR count). The summed E-state index contributed by atoms with van der Waals surface area (Å²) in [6.45, 7) is 3.49. The molecule has 3 N–H and O–H groups in total. The van der Waals surface area contributed by atoms with Crippen LogP contribution in [0, 0.1) is 0 Å². The van der Waals surface area contributed by atoms with Crippen LogP contribution in [0.1, 0.15) is 30.6 Å². The van der Waals surface area contributed by atoms with Crippen molar-refractivity contribution in [3.05, 3.63) is 53.9 Å². The van der Waals surface area contributed by atoms with Gasteiger partial charge in [0.25, 0.3) is 0 Å². The lowest BCUT2D eigenvalue weighted by molar-refractivity contribution is -0.122. The van der Waals surface area contributed by atoms with Gasteiger partial charge in [-0.25, -0.2) is 4.68 Å². The van der Waals surface area contributed by atoms with Crippen molar-refractivity contribution in [2.45, 2.75) is 32.0 Å². The molecule has 0 aliphatic carbocycles. The fraction of sp³-hybridized carbons (Fsp3) is 0.368. The molecular formula is C19H24N6O2. The van der Waals surface area contributed by atoms with E-state index in [9.17, 15) is 9.59 Å². The number of carbonyl (C=O) groups is 2. The predicted octanol–water partition coefficient (Wildman–Crippen LogP) is 0.647. The average molecular weight is 368 g/mol. The van der Waals surface area contributed by atoms with Gasteiger partial charge in [-0.1, -0.05) is 35.5 Å². The third-order valence-electron chi connectivity index (χ3n) is 4.38. The lowest BCUT2D eigenvalue weighted by atomic mass is 10.1. The Balaban J connectivity index is 1.48. The molecule has 2 heterocycles. The van der Waals surface area contributed by atoms with Crippen molar-refractivity contribution in [2.75, 3.05) is 13.1 Å². The Hall–Kier alpha value is -3.00. The van der Waals surface area contributed by atoms with Gasteiger partial charge in [0, 0.05) is 19.2 Å². The number of nitrogens with one attached hydrogen (secondary N) is 3. The van der Waals surface area contributed by atoms with Crippen LogP contribution in [0.15, 0.2) is 42.6 Å². The minimum Gasteiger partial charge on any atom is -0.355 e. The molecule has 1 saturated heterocycles. The molecule has 142 valence electrons. The van der Waals surface area contributed by atoms with Crippen LogP contribution in [0.4, 0.5) is 0 Å². The molecule has 0 saturated carbocycles. The smallest absolute Gasteiger partial charge is 0.244 e. The first-order valence-corrected chi connectivity index (χ1v) is 9.08. The number of nitrogens with zero attached hydrogens (tertiary/aromatic N) is 3. The molecular weight excluding hydrogens is 344 g/mol. The van der Waals surface area contributed by atoms with Crippen LogP contribution in [0.2, 0.25) is 0 Å². The molecule has 27 heavy (non-hydrogen) atoms. The minimum absolute atomic E-state index is 0.0119. The van der Waals surface area contributed by atoms with Gasteiger partial charge in [-0.2, -0.15) is 0 Å². The summed E-state index contributed by atoms with van der Waals surface area (Å²) >= 11 is 0. The zero-order valence-electron chi connectivity index (χ0n) is 15.3. The molecule has 0 bridgehead atoms. The fourth-order valence-electron chi connectivity index (χ4n) is 2.96. The van der Waals surface area contributed by atoms with E-state index in [4.69, 9.17) is 0 Å². The van der Waals surface area contributed by atoms with Gasteiger partial charge >= 0.3 is 0 Å². The Kier molecular flexibility index (Phi) is 6.32. The van der Waals surface area contributed by atoms with Crippen molar-refractivity contribution in [3.63, 3.8) is 0 Å². The van der Waals surface area contributed by atoms with E-state index in [1.807, 2.05) is 43.5 Å². The van der Waals surface area contributed by atoms with Crippen LogP contribution in [0.5, 0.6) is 0 Å². The monoisotopic (exact) mass is 368 g/mol. The van der Waals surface area contributed by atoms with Gasteiger partial charge in [-0.05, 0) is 25.0 Å². The predicted molar refractivity (Wildman–Crippen MR) is 101 cm³/mol. The molecule has 2 atom stereocenters. The second-order valence-electron chi connectivity index (χ2n) is 6.40. The van der Waals surface area contributed by atoms with Gasteiger partial charge in [0.15, 0.2) is 0 Å². The van der Waals surface area contributed by atoms with Crippen LogP contribution >= 0.6 is 0 Å². The van der Waals surface area contributed by atoms with E-state index in [2.05, 4.69) is 26.3 Å². The lowest BCUT2D eigenvalue weighted by Gasteiger charge is -2.10. The highest BCUT2D eigenvalue weighted by Crippen LogP contribution is 2.19. The van der Waals surface area contributed by atoms with Crippen LogP contribution in [0.25, 0.3) is 6.08 Å². The Bertz CT molecular complexity index is 802. The number of benzene rings is 1. The van der Waals surface area contributed by atoms with E-state index in [0.29, 0.717) is 31.7 Å². The summed E-state index contributed by atoms with van der Waals surface area (Å²) in [4.78, 5) is 23.8. The van der Waals surface area contributed by atoms with E-state index in [1.165, 1.54) is 6.08 Å². The number of hydrogen-bond acceptors (Lipinski definition) is 5. The van der Waals surface area contributed by atoms with Crippen molar-refractivity contribution in [3.8, 4) is 0 Å². The first-order valence-electron chi connectivity index (χ1n) is 9.08. The maximum absolute atomic E-state index is 11.9. The van der Waals surface area contributed by atoms with Crippen molar-refractivity contribution in [2.24, 2.45) is 0 Å². The van der Waals surface area contributed by atoms with Gasteiger partial charge in [0.1, 0.15) is 5.69 Å². The second-order valence-corrected chi connectivity index (χ2v) is 6.40. The molecule has 2 amide bonds. The van der Waals surface area contributed by atoms with Gasteiger partial charge < -0.3 is 16.0 Å². The normalized spacial score (nSPS) is 19.3. The summed E-state index contributed by atoms with van der Waals surface area (Å²) in [7, 11) is 0. The van der Waals surface area contributed by atoms with Gasteiger partial charge in [-0.3, -0.25) is 9.59 Å². The quantitative estimate of drug-likeness (QED) is 0.623. The summed E-state index contributed by atoms with van der Waals surface area (Å²) in [5.74, 6) is -0.176. The summed E-state index contributed by atoms with van der Waals surface area (Å²) < 4.78 is 1.76. The number of likely N-dealkylation sites (N-methyl/N-ethyl adjacent to an activating group) is 1. The highest BCUT2D eigenvalue weighted by molar-refractivity contribution is 5.91. The third-order valence-corrected chi connectivity index (χ3v) is 4.38. The summed E-state index contributed by atoms with van der Waals surface area (Å²) in [6, 6.07) is 9.50. The number of aromatic nitrogens is 3. The van der Waals surface area contributed by atoms with E-state index in [-0.39, 0.29) is 23.9 Å². The molecule has 8 nitrogen and oxygen atoms in total. The number of carbonyl (C=O) groups excluding carboxylic acids is 2. The molecule has 0 spiro atoms. The highest BCUT2D eigenvalue weighted by Gasteiger charge is 2.30. The Morgan fingerprint density at radius 1 is 1.30 bits per heavy atom. The Labute approximate surface area is 158 Å². The van der Waals surface area contributed by atoms with E-state index in [0.717, 1.165) is 5.56 Å². The minimum atomic E-state index is -0.203. The van der Waals surface area contributed by atoms with Gasteiger partial charge in [0.2, 0.25) is 11.8 Å². The van der Waals surface area contributed by atoms with Crippen LogP contribution in [0.3, 0.4) is 0 Å². The molecule has 1 aliphatic rings. The van der Waals surface area contributed by atoms with E-state index >= 15 is 0 Å². The second kappa shape index (κ2) is 9.09. The summed E-state index contributed by atoms with van der Waals surface area (Å²) in [5.41, 5.74) is 1.65. The molecule has 1 aliphatic heterocycles. The molecule has 0 unspecified atom stereocenters. The summed E-state index contributed by atoms with van der Waals surface area (Å²) in [6.07, 6.45) is 5.74. The first kappa shape index (κ1) is 18.8. The Morgan fingerprint density at radius 3 is 2.89 bits per heavy atom. The SMILES string of the molecule is CCNC(=O)[C@@H]1C[C@@H](n2cc(CNC(=O)C=Cc3ccccc3)nn2)CN1. The van der Waals surface area contributed by atoms with Crippen LogP contribution in [-0.4, -0.2) is 45.9 Å². The molecule has 0 radical (unpaired) electrons. The van der Waals surface area contributed by atoms with Crippen molar-refractivity contribution in [1.29, 1.82) is 0 Å². The third kappa shape index (κ3) is 5.24. The van der Waals surface area contributed by atoms with Crippen molar-refractivity contribution < 1.29 is 9.59 Å². The maximum atomic E-state index is 11.9. The lowest BCUT2D eigenvalue weighted by Crippen LogP contribution is -2.40. The maximum Gasteiger partial charge on any atom is 0.244 e. The zero-order chi connectivity index (χ0) is 19.1. The number of hydrogen-bond donors (Lipinski definition) is 3. The van der Waals surface area contributed by atoms with Gasteiger partial charge in [-0.15, -0.1) is 5.10 Å². The zero-order valence-corrected chi connectivity index (χ0v) is 15.3. The van der Waals surface area contributed by atoms with Gasteiger partial charge in [0.05, 0.1) is 24.8 Å².